The van der Waals surface area contributed by atoms with Gasteiger partial charge in [0.25, 0.3) is 0 Å². The van der Waals surface area contributed by atoms with Crippen molar-refractivity contribution in [1.29, 1.82) is 0 Å². The van der Waals surface area contributed by atoms with Crippen molar-refractivity contribution in [3.05, 3.63) is 47.1 Å². The van der Waals surface area contributed by atoms with Crippen LogP contribution < -0.4 is 15.5 Å². The molecule has 1 fully saturated rings. The molecule has 1 aliphatic heterocycles. The first-order valence-electron chi connectivity index (χ1n) is 10.8. The first-order chi connectivity index (χ1) is 14.6. The SMILES string of the molecule is CCc1noc(CC)c1CNC(=NC)NCCN1CCN(c2ccc(F)cc2)CC1.I. The molecule has 31 heavy (non-hydrogen) atoms. The summed E-state index contributed by atoms with van der Waals surface area (Å²) in [5.41, 5.74) is 3.24. The van der Waals surface area contributed by atoms with E-state index in [-0.39, 0.29) is 29.8 Å². The quantitative estimate of drug-likeness (QED) is 0.303. The zero-order valence-electron chi connectivity index (χ0n) is 18.7. The number of piperazine rings is 1. The molecule has 2 aromatic rings. The third-order valence-corrected chi connectivity index (χ3v) is 5.55. The third-order valence-electron chi connectivity index (χ3n) is 5.55. The van der Waals surface area contributed by atoms with E-state index in [1.165, 1.54) is 12.1 Å². The van der Waals surface area contributed by atoms with Crippen LogP contribution in [0.2, 0.25) is 0 Å². The lowest BCUT2D eigenvalue weighted by Crippen LogP contribution is -2.49. The molecule has 0 bridgehead atoms. The van der Waals surface area contributed by atoms with Gasteiger partial charge in [0.05, 0.1) is 5.69 Å². The molecule has 3 rings (SSSR count). The van der Waals surface area contributed by atoms with Crippen molar-refractivity contribution in [3.8, 4) is 0 Å². The summed E-state index contributed by atoms with van der Waals surface area (Å²) in [5, 5.41) is 10.9. The predicted octanol–water partition coefficient (Wildman–Crippen LogP) is 3.04. The van der Waals surface area contributed by atoms with Gasteiger partial charge in [-0.2, -0.15) is 0 Å². The largest absolute Gasteiger partial charge is 0.369 e. The number of aromatic nitrogens is 1. The smallest absolute Gasteiger partial charge is 0.191 e. The Morgan fingerprint density at radius 1 is 1.10 bits per heavy atom. The summed E-state index contributed by atoms with van der Waals surface area (Å²) in [6.07, 6.45) is 1.69. The molecule has 1 aromatic heterocycles. The molecule has 2 heterocycles. The first kappa shape index (κ1) is 25.4. The monoisotopic (exact) mass is 544 g/mol. The van der Waals surface area contributed by atoms with Crippen LogP contribution in [0.25, 0.3) is 0 Å². The Kier molecular flexibility index (Phi) is 10.5. The zero-order chi connectivity index (χ0) is 21.3. The maximum atomic E-state index is 13.1. The second-order valence-corrected chi connectivity index (χ2v) is 7.40. The van der Waals surface area contributed by atoms with Crippen molar-refractivity contribution < 1.29 is 8.91 Å². The van der Waals surface area contributed by atoms with Gasteiger partial charge in [-0.3, -0.25) is 9.89 Å². The Morgan fingerprint density at radius 3 is 2.42 bits per heavy atom. The topological polar surface area (TPSA) is 68.9 Å². The average molecular weight is 544 g/mol. The molecule has 1 saturated heterocycles. The molecule has 9 heteroatoms. The molecule has 2 N–H and O–H groups in total. The predicted molar refractivity (Wildman–Crippen MR) is 134 cm³/mol. The number of rotatable bonds is 8. The first-order valence-corrected chi connectivity index (χ1v) is 10.8. The Labute approximate surface area is 201 Å². The van der Waals surface area contributed by atoms with E-state index in [0.717, 1.165) is 80.8 Å². The second-order valence-electron chi connectivity index (χ2n) is 7.40. The fraction of sp³-hybridized carbons (Fsp3) is 0.545. The van der Waals surface area contributed by atoms with Gasteiger partial charge < -0.3 is 20.1 Å². The molecular weight excluding hydrogens is 510 g/mol. The average Bonchev–Trinajstić information content (AvgIpc) is 3.19. The number of aryl methyl sites for hydroxylation is 2. The van der Waals surface area contributed by atoms with Crippen molar-refractivity contribution in [2.75, 3.05) is 51.2 Å². The van der Waals surface area contributed by atoms with Gasteiger partial charge in [-0.05, 0) is 30.7 Å². The standard InChI is InChI=1S/C22H33FN6O.HI/c1-4-20-19(21(5-2)30-27-20)16-26-22(24-3)25-10-11-28-12-14-29(15-13-28)18-8-6-17(23)7-9-18;/h6-9H,4-5,10-16H2,1-3H3,(H2,24,25,26);1H. The summed E-state index contributed by atoms with van der Waals surface area (Å²) in [5.74, 6) is 1.53. The molecule has 0 atom stereocenters. The van der Waals surface area contributed by atoms with Crippen LogP contribution >= 0.6 is 24.0 Å². The number of nitrogens with zero attached hydrogens (tertiary/aromatic N) is 4. The second kappa shape index (κ2) is 12.8. The number of nitrogens with one attached hydrogen (secondary N) is 2. The zero-order valence-corrected chi connectivity index (χ0v) is 21.0. The number of anilines is 1. The van der Waals surface area contributed by atoms with Crippen LogP contribution in [0.4, 0.5) is 10.1 Å². The molecule has 0 unspecified atom stereocenters. The van der Waals surface area contributed by atoms with Crippen molar-refractivity contribution in [1.82, 2.24) is 20.7 Å². The van der Waals surface area contributed by atoms with Crippen molar-refractivity contribution >= 4 is 35.6 Å². The lowest BCUT2D eigenvalue weighted by molar-refractivity contribution is 0.261. The van der Waals surface area contributed by atoms with Crippen LogP contribution in [0.5, 0.6) is 0 Å². The Balaban J connectivity index is 0.00000341. The fourth-order valence-electron chi connectivity index (χ4n) is 3.74. The third kappa shape index (κ3) is 7.06. The maximum Gasteiger partial charge on any atom is 0.191 e. The number of aliphatic imine (C=N–C) groups is 1. The van der Waals surface area contributed by atoms with Gasteiger partial charge in [0.2, 0.25) is 0 Å². The fourth-order valence-corrected chi connectivity index (χ4v) is 3.74. The van der Waals surface area contributed by atoms with E-state index in [1.54, 1.807) is 7.05 Å². The van der Waals surface area contributed by atoms with E-state index >= 15 is 0 Å². The highest BCUT2D eigenvalue weighted by molar-refractivity contribution is 14.0. The minimum Gasteiger partial charge on any atom is -0.369 e. The van der Waals surface area contributed by atoms with E-state index in [4.69, 9.17) is 4.52 Å². The molecule has 7 nitrogen and oxygen atoms in total. The lowest BCUT2D eigenvalue weighted by Gasteiger charge is -2.36. The van der Waals surface area contributed by atoms with Gasteiger partial charge >= 0.3 is 0 Å². The summed E-state index contributed by atoms with van der Waals surface area (Å²) in [6, 6.07) is 6.75. The van der Waals surface area contributed by atoms with Crippen LogP contribution in [0.3, 0.4) is 0 Å². The van der Waals surface area contributed by atoms with Gasteiger partial charge in [0, 0.05) is 70.5 Å². The normalized spacial score (nSPS) is 15.0. The van der Waals surface area contributed by atoms with E-state index in [2.05, 4.69) is 44.4 Å². The van der Waals surface area contributed by atoms with Crippen molar-refractivity contribution in [2.24, 2.45) is 4.99 Å². The molecule has 1 aromatic carbocycles. The molecule has 172 valence electrons. The maximum absolute atomic E-state index is 13.1. The Bertz CT molecular complexity index is 796. The highest BCUT2D eigenvalue weighted by atomic mass is 127. The van der Waals surface area contributed by atoms with Gasteiger partial charge in [-0.15, -0.1) is 24.0 Å². The van der Waals surface area contributed by atoms with Crippen LogP contribution in [0, 0.1) is 5.82 Å². The highest BCUT2D eigenvalue weighted by Crippen LogP contribution is 2.17. The highest BCUT2D eigenvalue weighted by Gasteiger charge is 2.17. The van der Waals surface area contributed by atoms with E-state index in [0.29, 0.717) is 6.54 Å². The molecule has 0 aliphatic carbocycles. The van der Waals surface area contributed by atoms with Crippen molar-refractivity contribution in [2.45, 2.75) is 33.2 Å². The number of halogens is 2. The van der Waals surface area contributed by atoms with Gasteiger partial charge in [0.15, 0.2) is 5.96 Å². The summed E-state index contributed by atoms with van der Waals surface area (Å²) in [7, 11) is 1.78. The van der Waals surface area contributed by atoms with Gasteiger partial charge in [0.1, 0.15) is 11.6 Å². The minimum absolute atomic E-state index is 0. The molecule has 0 radical (unpaired) electrons. The summed E-state index contributed by atoms with van der Waals surface area (Å²) >= 11 is 0. The minimum atomic E-state index is -0.189. The molecule has 0 amide bonds. The van der Waals surface area contributed by atoms with Crippen LogP contribution in [-0.2, 0) is 19.4 Å². The summed E-state index contributed by atoms with van der Waals surface area (Å²) < 4.78 is 18.5. The molecular formula is C22H34FIN6O. The van der Waals surface area contributed by atoms with Crippen molar-refractivity contribution in [3.63, 3.8) is 0 Å². The van der Waals surface area contributed by atoms with Crippen LogP contribution in [0.15, 0.2) is 33.8 Å². The summed E-state index contributed by atoms with van der Waals surface area (Å²) in [4.78, 5) is 9.07. The molecule has 0 spiro atoms. The van der Waals surface area contributed by atoms with E-state index < -0.39 is 0 Å². The van der Waals surface area contributed by atoms with Crippen LogP contribution in [-0.4, -0.2) is 62.3 Å². The molecule has 1 aliphatic rings. The number of guanidine groups is 1. The van der Waals surface area contributed by atoms with E-state index in [9.17, 15) is 4.39 Å². The summed E-state index contributed by atoms with van der Waals surface area (Å²) in [6.45, 7) is 10.5. The number of benzene rings is 1. The molecule has 0 saturated carbocycles. The van der Waals surface area contributed by atoms with Crippen LogP contribution in [0.1, 0.15) is 30.9 Å². The van der Waals surface area contributed by atoms with Gasteiger partial charge in [-0.25, -0.2) is 4.39 Å². The number of hydrogen-bond acceptors (Lipinski definition) is 5. The van der Waals surface area contributed by atoms with E-state index in [1.807, 2.05) is 12.1 Å². The Morgan fingerprint density at radius 2 is 1.81 bits per heavy atom. The van der Waals surface area contributed by atoms with Gasteiger partial charge in [-0.1, -0.05) is 19.0 Å². The lowest BCUT2D eigenvalue weighted by atomic mass is 10.1. The number of hydrogen-bond donors (Lipinski definition) is 2. The Hall–Kier alpha value is -1.88.